The predicted octanol–water partition coefficient (Wildman–Crippen LogP) is 2.65. The fraction of sp³-hybridized carbons (Fsp3) is 0.467. The average molecular weight is 290 g/mol. The van der Waals surface area contributed by atoms with E-state index in [1.54, 1.807) is 0 Å². The molecule has 5 N–H and O–H groups in total. The minimum atomic E-state index is -0.634. The Morgan fingerprint density at radius 1 is 1.33 bits per heavy atom. The van der Waals surface area contributed by atoms with Gasteiger partial charge in [0.2, 0.25) is 5.88 Å². The first-order chi connectivity index (χ1) is 10.1. The van der Waals surface area contributed by atoms with Gasteiger partial charge in [0.05, 0.1) is 5.69 Å². The Balaban J connectivity index is 2.42. The van der Waals surface area contributed by atoms with E-state index in [0.29, 0.717) is 5.69 Å². The number of nitrogen functional groups attached to an aromatic ring is 1. The molecule has 0 aliphatic heterocycles. The first-order valence-corrected chi connectivity index (χ1v) is 7.34. The molecule has 0 unspecified atom stereocenters. The van der Waals surface area contributed by atoms with Gasteiger partial charge < -0.3 is 21.0 Å². The standard InChI is InChI=1S/C15H22N4O2/c1-3-5-7-10-9(6-4-2)8-11(18-10)13-12(14(16)20)15(17)21-19-13/h8,18H,3-7,17H2,1-2H3,(H2,16,20). The van der Waals surface area contributed by atoms with Gasteiger partial charge in [0.1, 0.15) is 11.3 Å². The van der Waals surface area contributed by atoms with Crippen LogP contribution >= 0.6 is 0 Å². The van der Waals surface area contributed by atoms with Crippen molar-refractivity contribution in [3.63, 3.8) is 0 Å². The summed E-state index contributed by atoms with van der Waals surface area (Å²) in [5.74, 6) is -0.676. The summed E-state index contributed by atoms with van der Waals surface area (Å²) in [6.07, 6.45) is 5.25. The third kappa shape index (κ3) is 3.09. The second-order valence-electron chi connectivity index (χ2n) is 5.18. The Morgan fingerprint density at radius 3 is 2.71 bits per heavy atom. The third-order valence-corrected chi connectivity index (χ3v) is 3.51. The van der Waals surface area contributed by atoms with E-state index in [1.165, 1.54) is 11.3 Å². The highest BCUT2D eigenvalue weighted by Crippen LogP contribution is 2.29. The number of rotatable bonds is 7. The molecule has 6 heteroatoms. The molecule has 21 heavy (non-hydrogen) atoms. The lowest BCUT2D eigenvalue weighted by Crippen LogP contribution is -2.13. The summed E-state index contributed by atoms with van der Waals surface area (Å²) >= 11 is 0. The van der Waals surface area contributed by atoms with E-state index in [2.05, 4.69) is 24.0 Å². The maximum atomic E-state index is 11.5. The van der Waals surface area contributed by atoms with Gasteiger partial charge in [-0.3, -0.25) is 4.79 Å². The fourth-order valence-electron chi connectivity index (χ4n) is 2.46. The molecule has 0 fully saturated rings. The minimum Gasteiger partial charge on any atom is -0.367 e. The number of carbonyl (C=O) groups is 1. The smallest absolute Gasteiger partial charge is 0.256 e. The lowest BCUT2D eigenvalue weighted by Gasteiger charge is -2.01. The Kier molecular flexibility index (Phi) is 4.67. The van der Waals surface area contributed by atoms with Gasteiger partial charge in [-0.15, -0.1) is 0 Å². The highest BCUT2D eigenvalue weighted by molar-refractivity contribution is 6.02. The van der Waals surface area contributed by atoms with Crippen LogP contribution in [0.2, 0.25) is 0 Å². The van der Waals surface area contributed by atoms with Gasteiger partial charge in [-0.1, -0.05) is 31.8 Å². The number of nitrogens with two attached hydrogens (primary N) is 2. The Bertz CT molecular complexity index is 628. The summed E-state index contributed by atoms with van der Waals surface area (Å²) in [6, 6.07) is 2.01. The number of anilines is 1. The molecule has 0 saturated heterocycles. The molecule has 2 heterocycles. The molecule has 0 aromatic carbocycles. The van der Waals surface area contributed by atoms with Crippen molar-refractivity contribution >= 4 is 11.8 Å². The second-order valence-corrected chi connectivity index (χ2v) is 5.18. The summed E-state index contributed by atoms with van der Waals surface area (Å²) in [6.45, 7) is 4.30. The summed E-state index contributed by atoms with van der Waals surface area (Å²) in [5, 5.41) is 3.87. The number of primary amides is 1. The maximum absolute atomic E-state index is 11.5. The van der Waals surface area contributed by atoms with Gasteiger partial charge in [-0.2, -0.15) is 0 Å². The normalized spacial score (nSPS) is 11.0. The van der Waals surface area contributed by atoms with Crippen LogP contribution in [0.3, 0.4) is 0 Å². The molecule has 6 nitrogen and oxygen atoms in total. The number of carbonyl (C=O) groups excluding carboxylic acids is 1. The molecule has 2 aromatic heterocycles. The number of hydrogen-bond donors (Lipinski definition) is 3. The lowest BCUT2D eigenvalue weighted by atomic mass is 10.1. The molecule has 0 radical (unpaired) electrons. The van der Waals surface area contributed by atoms with Crippen LogP contribution in [-0.4, -0.2) is 16.0 Å². The van der Waals surface area contributed by atoms with Gasteiger partial charge in [0.15, 0.2) is 0 Å². The first kappa shape index (κ1) is 15.2. The lowest BCUT2D eigenvalue weighted by molar-refractivity contribution is 0.100. The number of nitrogens with zero attached hydrogens (tertiary/aromatic N) is 1. The summed E-state index contributed by atoms with van der Waals surface area (Å²) in [5.41, 5.74) is 14.7. The molecule has 114 valence electrons. The molecule has 0 aliphatic rings. The van der Waals surface area contributed by atoms with Crippen LogP contribution in [0.15, 0.2) is 10.6 Å². The van der Waals surface area contributed by atoms with Crippen molar-refractivity contribution in [3.05, 3.63) is 22.9 Å². The van der Waals surface area contributed by atoms with Crippen LogP contribution in [0.25, 0.3) is 11.4 Å². The number of H-pyrrole nitrogens is 1. The van der Waals surface area contributed by atoms with Crippen LogP contribution in [0.1, 0.15) is 54.7 Å². The molecule has 2 aromatic rings. The zero-order valence-corrected chi connectivity index (χ0v) is 12.5. The largest absolute Gasteiger partial charge is 0.367 e. The number of aryl methyl sites for hydroxylation is 2. The minimum absolute atomic E-state index is 0.0424. The number of aromatic amines is 1. The van der Waals surface area contributed by atoms with Crippen molar-refractivity contribution in [1.29, 1.82) is 0 Å². The van der Waals surface area contributed by atoms with Gasteiger partial charge in [-0.25, -0.2) is 0 Å². The molecule has 2 rings (SSSR count). The van der Waals surface area contributed by atoms with Crippen molar-refractivity contribution < 1.29 is 9.32 Å². The van der Waals surface area contributed by atoms with Crippen LogP contribution in [0, 0.1) is 0 Å². The van der Waals surface area contributed by atoms with E-state index >= 15 is 0 Å². The van der Waals surface area contributed by atoms with Crippen molar-refractivity contribution in [3.8, 4) is 11.4 Å². The second kappa shape index (κ2) is 6.47. The van der Waals surface area contributed by atoms with E-state index < -0.39 is 5.91 Å². The first-order valence-electron chi connectivity index (χ1n) is 7.34. The zero-order valence-electron chi connectivity index (χ0n) is 12.5. The highest BCUT2D eigenvalue weighted by Gasteiger charge is 2.22. The Hall–Kier alpha value is -2.24. The molecular formula is C15H22N4O2. The van der Waals surface area contributed by atoms with Crippen molar-refractivity contribution in [1.82, 2.24) is 10.1 Å². The number of hydrogen-bond acceptors (Lipinski definition) is 4. The van der Waals surface area contributed by atoms with Crippen molar-refractivity contribution in [2.45, 2.75) is 46.0 Å². The zero-order chi connectivity index (χ0) is 15.4. The Labute approximate surface area is 123 Å². The summed E-state index contributed by atoms with van der Waals surface area (Å²) < 4.78 is 4.91. The molecule has 0 atom stereocenters. The quantitative estimate of drug-likeness (QED) is 0.727. The Morgan fingerprint density at radius 2 is 2.10 bits per heavy atom. The van der Waals surface area contributed by atoms with Gasteiger partial charge in [0.25, 0.3) is 5.91 Å². The molecule has 1 amide bonds. The number of aromatic nitrogens is 2. The van der Waals surface area contributed by atoms with Crippen LogP contribution in [0.4, 0.5) is 5.88 Å². The van der Waals surface area contributed by atoms with Gasteiger partial charge in [-0.05, 0) is 30.9 Å². The number of amides is 1. The average Bonchev–Trinajstić information content (AvgIpc) is 3.00. The van der Waals surface area contributed by atoms with Gasteiger partial charge in [0, 0.05) is 5.69 Å². The predicted molar refractivity (Wildman–Crippen MR) is 81.8 cm³/mol. The van der Waals surface area contributed by atoms with E-state index in [9.17, 15) is 4.79 Å². The van der Waals surface area contributed by atoms with Crippen LogP contribution in [0.5, 0.6) is 0 Å². The van der Waals surface area contributed by atoms with Gasteiger partial charge >= 0.3 is 0 Å². The van der Waals surface area contributed by atoms with Crippen LogP contribution in [-0.2, 0) is 12.8 Å². The highest BCUT2D eigenvalue weighted by atomic mass is 16.5. The van der Waals surface area contributed by atoms with E-state index in [1.807, 2.05) is 6.07 Å². The topological polar surface area (TPSA) is 111 Å². The van der Waals surface area contributed by atoms with E-state index in [0.717, 1.165) is 37.8 Å². The van der Waals surface area contributed by atoms with E-state index in [-0.39, 0.29) is 11.4 Å². The molecule has 0 aliphatic carbocycles. The number of nitrogens with one attached hydrogen (secondary N) is 1. The van der Waals surface area contributed by atoms with Crippen LogP contribution < -0.4 is 11.5 Å². The third-order valence-electron chi connectivity index (χ3n) is 3.51. The monoisotopic (exact) mass is 290 g/mol. The molecule has 0 saturated carbocycles. The van der Waals surface area contributed by atoms with Crippen molar-refractivity contribution in [2.75, 3.05) is 5.73 Å². The number of unbranched alkanes of at least 4 members (excludes halogenated alkanes) is 1. The summed E-state index contributed by atoms with van der Waals surface area (Å²) in [4.78, 5) is 14.8. The maximum Gasteiger partial charge on any atom is 0.256 e. The SMILES string of the molecule is CCCCc1[nH]c(-c2noc(N)c2C(N)=O)cc1CCC. The molecular weight excluding hydrogens is 268 g/mol. The van der Waals surface area contributed by atoms with Crippen molar-refractivity contribution in [2.24, 2.45) is 5.73 Å². The fourth-order valence-corrected chi connectivity index (χ4v) is 2.46. The summed E-state index contributed by atoms with van der Waals surface area (Å²) in [7, 11) is 0. The van der Waals surface area contributed by atoms with E-state index in [4.69, 9.17) is 16.0 Å². The molecule has 0 spiro atoms. The molecule has 0 bridgehead atoms.